The van der Waals surface area contributed by atoms with Crippen molar-refractivity contribution in [2.24, 2.45) is 0 Å². The van der Waals surface area contributed by atoms with Gasteiger partial charge in [-0.3, -0.25) is 0 Å². The zero-order valence-corrected chi connectivity index (χ0v) is 10.5. The summed E-state index contributed by atoms with van der Waals surface area (Å²) in [7, 11) is 0. The maximum absolute atomic E-state index is 8.89. The van der Waals surface area contributed by atoms with Crippen LogP contribution in [-0.4, -0.2) is 26.3 Å². The standard InChI is InChI=1S/3C2H4O2.B.Na/c3*1-2(3)4;;/h3*1H3,(H,3,4);;/q;;;-1;+1/p-3. The second-order valence-electron chi connectivity index (χ2n) is 1.47. The smallest absolute Gasteiger partial charge is 1.00 e. The van der Waals surface area contributed by atoms with E-state index < -0.39 is 17.9 Å². The number of carbonyl (C=O) groups is 3. The third-order valence-corrected chi connectivity index (χ3v) is 0. The van der Waals surface area contributed by atoms with Crippen LogP contribution in [0.4, 0.5) is 0 Å². The fourth-order valence-electron chi connectivity index (χ4n) is 0. The monoisotopic (exact) mass is 211 g/mol. The van der Waals surface area contributed by atoms with Crippen LogP contribution in [0.5, 0.6) is 0 Å². The molecule has 0 saturated carbocycles. The quantitative estimate of drug-likeness (QED) is 0.367. The molecule has 0 spiro atoms. The van der Waals surface area contributed by atoms with Gasteiger partial charge >= 0.3 is 29.6 Å². The summed E-state index contributed by atoms with van der Waals surface area (Å²) in [6.45, 7) is 2.92. The summed E-state index contributed by atoms with van der Waals surface area (Å²) in [5.41, 5.74) is 0. The van der Waals surface area contributed by atoms with E-state index in [1.165, 1.54) is 0 Å². The molecule has 0 heterocycles. The molecule has 0 unspecified atom stereocenters. The molecule has 14 heavy (non-hydrogen) atoms. The minimum atomic E-state index is -1.08. The van der Waals surface area contributed by atoms with Gasteiger partial charge in [0.1, 0.15) is 0 Å². The molecular weight excluding hydrogens is 202 g/mol. The molecule has 0 fully saturated rings. The van der Waals surface area contributed by atoms with Crippen molar-refractivity contribution in [1.82, 2.24) is 0 Å². The molecular formula is C6H9BNaO6-3. The Balaban J connectivity index is -0.0000000270. The summed E-state index contributed by atoms with van der Waals surface area (Å²) >= 11 is 0. The van der Waals surface area contributed by atoms with E-state index in [1.54, 1.807) is 0 Å². The molecule has 0 aliphatic rings. The zero-order valence-electron chi connectivity index (χ0n) is 8.53. The molecule has 4 radical (unpaired) electrons. The minimum Gasteiger partial charge on any atom is -1.00 e. The average Bonchev–Trinajstić information content (AvgIpc) is 1.54. The van der Waals surface area contributed by atoms with Gasteiger partial charge in [-0.05, 0) is 20.8 Å². The van der Waals surface area contributed by atoms with E-state index in [0.717, 1.165) is 20.8 Å². The van der Waals surface area contributed by atoms with Gasteiger partial charge < -0.3 is 38.1 Å². The summed E-state index contributed by atoms with van der Waals surface area (Å²) in [6, 6.07) is 0. The molecule has 0 saturated heterocycles. The number of hydrogen-bond donors (Lipinski definition) is 0. The number of carboxylic acids is 3. The molecule has 0 amide bonds. The first kappa shape index (κ1) is 29.2. The van der Waals surface area contributed by atoms with Gasteiger partial charge in [0, 0.05) is 17.9 Å². The minimum absolute atomic E-state index is 0. The van der Waals surface area contributed by atoms with Crippen LogP contribution in [0.3, 0.4) is 0 Å². The van der Waals surface area contributed by atoms with Crippen LogP contribution >= 0.6 is 0 Å². The summed E-state index contributed by atoms with van der Waals surface area (Å²) in [5, 5.41) is 26.7. The summed E-state index contributed by atoms with van der Waals surface area (Å²) in [5.74, 6) is -3.25. The average molecular weight is 211 g/mol. The molecule has 0 rings (SSSR count). The van der Waals surface area contributed by atoms with Gasteiger partial charge in [0.2, 0.25) is 0 Å². The van der Waals surface area contributed by atoms with Crippen LogP contribution in [0, 0.1) is 0 Å². The van der Waals surface area contributed by atoms with Gasteiger partial charge in [-0.15, -0.1) is 0 Å². The number of rotatable bonds is 0. The molecule has 8 heteroatoms. The Kier molecular flexibility index (Phi) is 47.7. The van der Waals surface area contributed by atoms with E-state index in [9.17, 15) is 0 Å². The van der Waals surface area contributed by atoms with E-state index in [-0.39, 0.29) is 38.0 Å². The third-order valence-electron chi connectivity index (χ3n) is 0. The first-order chi connectivity index (χ1) is 5.20. The maximum atomic E-state index is 8.89. The van der Waals surface area contributed by atoms with Crippen LogP contribution in [0.2, 0.25) is 0 Å². The fourth-order valence-corrected chi connectivity index (χ4v) is 0. The molecule has 0 bridgehead atoms. The second-order valence-corrected chi connectivity index (χ2v) is 1.47. The number of aliphatic carboxylic acids is 3. The van der Waals surface area contributed by atoms with Crippen LogP contribution < -0.4 is 44.9 Å². The van der Waals surface area contributed by atoms with E-state index in [1.807, 2.05) is 0 Å². The molecule has 6 nitrogen and oxygen atoms in total. The number of hydrogen-bond acceptors (Lipinski definition) is 6. The molecule has 0 aromatic rings. The van der Waals surface area contributed by atoms with Gasteiger partial charge in [-0.1, -0.05) is 0 Å². The van der Waals surface area contributed by atoms with E-state index in [2.05, 4.69) is 0 Å². The van der Waals surface area contributed by atoms with Gasteiger partial charge in [0.05, 0.1) is 0 Å². The third kappa shape index (κ3) is 4570. The number of carbonyl (C=O) groups excluding carboxylic acids is 3. The van der Waals surface area contributed by atoms with Crippen molar-refractivity contribution in [2.75, 3.05) is 0 Å². The molecule has 0 aromatic carbocycles. The Bertz CT molecular complexity index is 120. The fraction of sp³-hybridized carbons (Fsp3) is 0.500. The summed E-state index contributed by atoms with van der Waals surface area (Å²) in [6.07, 6.45) is 0. The van der Waals surface area contributed by atoms with Crippen LogP contribution in [0.25, 0.3) is 0 Å². The summed E-state index contributed by atoms with van der Waals surface area (Å²) < 4.78 is 0. The van der Waals surface area contributed by atoms with Crippen molar-refractivity contribution in [3.05, 3.63) is 0 Å². The van der Waals surface area contributed by atoms with E-state index >= 15 is 0 Å². The topological polar surface area (TPSA) is 120 Å². The SMILES string of the molecule is CC(=O)[O-].CC(=O)[O-].CC(=O)[O-].[B-].[Na+]. The van der Waals surface area contributed by atoms with Crippen molar-refractivity contribution in [1.29, 1.82) is 0 Å². The Morgan fingerprint density at radius 3 is 0.714 bits per heavy atom. The van der Waals surface area contributed by atoms with E-state index in [4.69, 9.17) is 29.7 Å². The maximum Gasteiger partial charge on any atom is 1.00 e. The van der Waals surface area contributed by atoms with E-state index in [0.29, 0.717) is 0 Å². The molecule has 0 aliphatic heterocycles. The zero-order chi connectivity index (χ0) is 10.7. The largest absolute Gasteiger partial charge is 1.00 e. The van der Waals surface area contributed by atoms with Crippen molar-refractivity contribution >= 4 is 26.3 Å². The van der Waals surface area contributed by atoms with Crippen molar-refractivity contribution in [3.63, 3.8) is 0 Å². The molecule has 0 aliphatic carbocycles. The molecule has 0 atom stereocenters. The number of carboxylic acid groups (broad SMARTS) is 3. The van der Waals surface area contributed by atoms with Crippen molar-refractivity contribution < 1.29 is 59.3 Å². The van der Waals surface area contributed by atoms with Gasteiger partial charge in [-0.2, -0.15) is 0 Å². The van der Waals surface area contributed by atoms with Gasteiger partial charge in [0.25, 0.3) is 0 Å². The Morgan fingerprint density at radius 1 is 0.714 bits per heavy atom. The van der Waals surface area contributed by atoms with Crippen molar-refractivity contribution in [3.8, 4) is 0 Å². The Labute approximate surface area is 106 Å². The predicted octanol–water partition coefficient (Wildman–Crippen LogP) is -7.11. The van der Waals surface area contributed by atoms with Crippen LogP contribution in [-0.2, 0) is 14.4 Å². The summed E-state index contributed by atoms with van der Waals surface area (Å²) in [4.78, 5) is 26.7. The second kappa shape index (κ2) is 22.9. The first-order valence-electron chi connectivity index (χ1n) is 2.72. The van der Waals surface area contributed by atoms with Gasteiger partial charge in [0.15, 0.2) is 0 Å². The molecule has 0 N–H and O–H groups in total. The predicted molar refractivity (Wildman–Crippen MR) is 37.8 cm³/mol. The molecule has 76 valence electrons. The van der Waals surface area contributed by atoms with Gasteiger partial charge in [-0.25, -0.2) is 0 Å². The van der Waals surface area contributed by atoms with Crippen LogP contribution in [0.1, 0.15) is 20.8 Å². The van der Waals surface area contributed by atoms with Crippen molar-refractivity contribution in [2.45, 2.75) is 20.8 Å². The normalized spacial score (nSPS) is 5.36. The Hall–Kier alpha value is -0.525. The first-order valence-corrected chi connectivity index (χ1v) is 2.72. The molecule has 0 aromatic heterocycles. The Morgan fingerprint density at radius 2 is 0.714 bits per heavy atom. The van der Waals surface area contributed by atoms with Crippen LogP contribution in [0.15, 0.2) is 0 Å².